The first-order valence-electron chi connectivity index (χ1n) is 9.86. The summed E-state index contributed by atoms with van der Waals surface area (Å²) in [4.78, 5) is 25.9. The molecule has 1 aromatic heterocycles. The summed E-state index contributed by atoms with van der Waals surface area (Å²) in [7, 11) is 0. The Kier molecular flexibility index (Phi) is 5.28. The zero-order chi connectivity index (χ0) is 23.1. The number of benzene rings is 3. The van der Waals surface area contributed by atoms with Crippen molar-refractivity contribution in [2.45, 2.75) is 6.92 Å². The molecule has 0 aliphatic carbocycles. The standard InChI is InChI=1S/C24H15Cl2N3O4/c1-12-21(22(29-33-12)15-4-2-3-5-17(15)26)24(31)27-14-7-9-19-16(11-14)23(30)28-18-10-13(25)6-8-20(18)32-19/h2-11H,1H3,(H,27,31)(H,28,30). The molecular weight excluding hydrogens is 465 g/mol. The third-order valence-corrected chi connectivity index (χ3v) is 5.68. The Morgan fingerprint density at radius 2 is 1.79 bits per heavy atom. The van der Waals surface area contributed by atoms with Gasteiger partial charge in [0, 0.05) is 16.3 Å². The lowest BCUT2D eigenvalue weighted by atomic mass is 10.1. The van der Waals surface area contributed by atoms with Crippen LogP contribution in [0.2, 0.25) is 10.0 Å². The van der Waals surface area contributed by atoms with Gasteiger partial charge in [-0.25, -0.2) is 0 Å². The molecule has 0 unspecified atom stereocenters. The van der Waals surface area contributed by atoms with Crippen molar-refractivity contribution in [3.63, 3.8) is 0 Å². The molecule has 0 saturated heterocycles. The summed E-state index contributed by atoms with van der Waals surface area (Å²) in [5.74, 6) is 0.316. The number of nitrogens with zero attached hydrogens (tertiary/aromatic N) is 1. The van der Waals surface area contributed by atoms with E-state index in [2.05, 4.69) is 15.8 Å². The lowest BCUT2D eigenvalue weighted by Crippen LogP contribution is -2.15. The first kappa shape index (κ1) is 21.1. The Morgan fingerprint density at radius 3 is 2.61 bits per heavy atom. The second-order valence-electron chi connectivity index (χ2n) is 7.30. The smallest absolute Gasteiger partial charge is 0.261 e. The summed E-state index contributed by atoms with van der Waals surface area (Å²) in [6.07, 6.45) is 0. The van der Waals surface area contributed by atoms with Crippen LogP contribution in [0.5, 0.6) is 11.5 Å². The molecule has 2 heterocycles. The zero-order valence-electron chi connectivity index (χ0n) is 17.1. The Morgan fingerprint density at radius 1 is 1.00 bits per heavy atom. The molecule has 9 heteroatoms. The molecule has 1 aliphatic heterocycles. The van der Waals surface area contributed by atoms with E-state index in [1.54, 1.807) is 61.5 Å². The Hall–Kier alpha value is -3.81. The summed E-state index contributed by atoms with van der Waals surface area (Å²) in [6, 6.07) is 16.8. The maximum Gasteiger partial charge on any atom is 0.261 e. The fraction of sp³-hybridized carbons (Fsp3) is 0.0417. The van der Waals surface area contributed by atoms with Crippen molar-refractivity contribution < 1.29 is 18.8 Å². The van der Waals surface area contributed by atoms with E-state index in [1.807, 2.05) is 0 Å². The van der Waals surface area contributed by atoms with Crippen LogP contribution in [0.25, 0.3) is 11.3 Å². The summed E-state index contributed by atoms with van der Waals surface area (Å²) in [5, 5.41) is 10.5. The molecule has 7 nitrogen and oxygen atoms in total. The van der Waals surface area contributed by atoms with E-state index in [4.69, 9.17) is 32.5 Å². The van der Waals surface area contributed by atoms with Crippen LogP contribution in [-0.4, -0.2) is 17.0 Å². The van der Waals surface area contributed by atoms with E-state index in [-0.39, 0.29) is 17.0 Å². The molecule has 0 radical (unpaired) electrons. The Labute approximate surface area is 198 Å². The van der Waals surface area contributed by atoms with Gasteiger partial charge in [-0.2, -0.15) is 0 Å². The molecule has 0 saturated carbocycles. The molecule has 0 fully saturated rings. The number of halogens is 2. The van der Waals surface area contributed by atoms with Crippen LogP contribution in [-0.2, 0) is 0 Å². The van der Waals surface area contributed by atoms with Gasteiger partial charge in [-0.05, 0) is 49.4 Å². The minimum absolute atomic E-state index is 0.251. The van der Waals surface area contributed by atoms with Gasteiger partial charge in [0.25, 0.3) is 11.8 Å². The van der Waals surface area contributed by atoms with E-state index in [1.165, 1.54) is 6.07 Å². The van der Waals surface area contributed by atoms with Crippen molar-refractivity contribution in [3.05, 3.63) is 87.6 Å². The van der Waals surface area contributed by atoms with E-state index < -0.39 is 5.91 Å². The minimum atomic E-state index is -0.450. The summed E-state index contributed by atoms with van der Waals surface area (Å²) in [5.41, 5.74) is 2.27. The fourth-order valence-corrected chi connectivity index (χ4v) is 3.94. The molecule has 4 aromatic rings. The second-order valence-corrected chi connectivity index (χ2v) is 8.15. The number of nitrogens with one attached hydrogen (secondary N) is 2. The molecular formula is C24H15Cl2N3O4. The number of hydrogen-bond donors (Lipinski definition) is 2. The van der Waals surface area contributed by atoms with Crippen LogP contribution in [0.4, 0.5) is 11.4 Å². The predicted octanol–water partition coefficient (Wildman–Crippen LogP) is 6.57. The van der Waals surface area contributed by atoms with Gasteiger partial charge in [0.15, 0.2) is 5.75 Å². The van der Waals surface area contributed by atoms with Gasteiger partial charge < -0.3 is 19.9 Å². The summed E-state index contributed by atoms with van der Waals surface area (Å²) in [6.45, 7) is 1.64. The van der Waals surface area contributed by atoms with Crippen LogP contribution in [0.1, 0.15) is 26.5 Å². The zero-order valence-corrected chi connectivity index (χ0v) is 18.6. The monoisotopic (exact) mass is 479 g/mol. The maximum atomic E-state index is 13.1. The number of ether oxygens (including phenoxy) is 1. The molecule has 33 heavy (non-hydrogen) atoms. The summed E-state index contributed by atoms with van der Waals surface area (Å²) < 4.78 is 11.1. The van der Waals surface area contributed by atoms with Crippen molar-refractivity contribution in [1.82, 2.24) is 5.16 Å². The Bertz CT molecular complexity index is 1430. The van der Waals surface area contributed by atoms with Crippen molar-refractivity contribution >= 4 is 46.4 Å². The van der Waals surface area contributed by atoms with Crippen LogP contribution in [0, 0.1) is 6.92 Å². The van der Waals surface area contributed by atoms with Gasteiger partial charge in [0.1, 0.15) is 22.8 Å². The molecule has 5 rings (SSSR count). The van der Waals surface area contributed by atoms with Crippen LogP contribution >= 0.6 is 23.2 Å². The minimum Gasteiger partial charge on any atom is -0.454 e. The van der Waals surface area contributed by atoms with Gasteiger partial charge in [-0.3, -0.25) is 9.59 Å². The molecule has 2 amide bonds. The van der Waals surface area contributed by atoms with E-state index in [9.17, 15) is 9.59 Å². The van der Waals surface area contributed by atoms with Crippen molar-refractivity contribution in [1.29, 1.82) is 0 Å². The largest absolute Gasteiger partial charge is 0.454 e. The lowest BCUT2D eigenvalue weighted by molar-refractivity contribution is 0.101. The highest BCUT2D eigenvalue weighted by atomic mass is 35.5. The second kappa shape index (κ2) is 8.27. The number of anilines is 2. The third kappa shape index (κ3) is 3.92. The van der Waals surface area contributed by atoms with Gasteiger partial charge in [0.2, 0.25) is 0 Å². The van der Waals surface area contributed by atoms with Crippen LogP contribution in [0.15, 0.2) is 65.2 Å². The highest BCUT2D eigenvalue weighted by Crippen LogP contribution is 2.38. The quantitative estimate of drug-likeness (QED) is 0.346. The number of hydrogen-bond acceptors (Lipinski definition) is 5. The number of aromatic nitrogens is 1. The van der Waals surface area contributed by atoms with Gasteiger partial charge in [-0.15, -0.1) is 0 Å². The lowest BCUT2D eigenvalue weighted by Gasteiger charge is -2.10. The molecule has 0 atom stereocenters. The van der Waals surface area contributed by atoms with E-state index in [0.717, 1.165) is 0 Å². The van der Waals surface area contributed by atoms with E-state index in [0.29, 0.717) is 49.9 Å². The SMILES string of the molecule is Cc1onc(-c2ccccc2Cl)c1C(=O)Nc1ccc2c(c1)C(=O)Nc1cc(Cl)ccc1O2. The first-order valence-corrected chi connectivity index (χ1v) is 10.6. The number of fused-ring (bicyclic) bond motifs is 2. The van der Waals surface area contributed by atoms with E-state index >= 15 is 0 Å². The average molecular weight is 480 g/mol. The normalized spacial score (nSPS) is 12.2. The molecule has 164 valence electrons. The topological polar surface area (TPSA) is 93.5 Å². The molecule has 3 aromatic carbocycles. The maximum absolute atomic E-state index is 13.1. The van der Waals surface area contributed by atoms with Crippen molar-refractivity contribution in [3.8, 4) is 22.8 Å². The molecule has 0 bridgehead atoms. The third-order valence-electron chi connectivity index (χ3n) is 5.11. The van der Waals surface area contributed by atoms with Crippen molar-refractivity contribution in [2.75, 3.05) is 10.6 Å². The number of aryl methyl sites for hydroxylation is 1. The van der Waals surface area contributed by atoms with Gasteiger partial charge in [0.05, 0.1) is 16.3 Å². The number of rotatable bonds is 3. The number of carbonyl (C=O) groups excluding carboxylic acids is 2. The Balaban J connectivity index is 1.46. The molecule has 0 spiro atoms. The number of carbonyl (C=O) groups is 2. The van der Waals surface area contributed by atoms with Gasteiger partial charge in [-0.1, -0.05) is 46.6 Å². The number of amides is 2. The average Bonchev–Trinajstić information content (AvgIpc) is 3.11. The predicted molar refractivity (Wildman–Crippen MR) is 126 cm³/mol. The first-order chi connectivity index (χ1) is 15.9. The molecule has 1 aliphatic rings. The summed E-state index contributed by atoms with van der Waals surface area (Å²) >= 11 is 12.3. The molecule has 2 N–H and O–H groups in total. The highest BCUT2D eigenvalue weighted by Gasteiger charge is 2.25. The van der Waals surface area contributed by atoms with Gasteiger partial charge >= 0.3 is 0 Å². The van der Waals surface area contributed by atoms with Crippen LogP contribution < -0.4 is 15.4 Å². The van der Waals surface area contributed by atoms with Crippen LogP contribution in [0.3, 0.4) is 0 Å². The fourth-order valence-electron chi connectivity index (χ4n) is 3.54. The van der Waals surface area contributed by atoms with Crippen molar-refractivity contribution in [2.24, 2.45) is 0 Å². The highest BCUT2D eigenvalue weighted by molar-refractivity contribution is 6.33.